The molecule has 4 aliphatic heterocycles. The van der Waals surface area contributed by atoms with Gasteiger partial charge >= 0.3 is 59.4 Å². The highest BCUT2D eigenvalue weighted by Crippen LogP contribution is 2.35. The highest BCUT2D eigenvalue weighted by Gasteiger charge is 2.31. The van der Waals surface area contributed by atoms with Crippen LogP contribution < -0.4 is 11.2 Å². The molecule has 4 aliphatic rings. The number of aromatic nitrogens is 18. The molecule has 0 atom stereocenters. The maximum atomic E-state index is 11.9. The van der Waals surface area contributed by atoms with Gasteiger partial charge in [-0.05, 0) is 111 Å². The minimum absolute atomic E-state index is 0. The summed E-state index contributed by atoms with van der Waals surface area (Å²) in [7, 11) is 0. The van der Waals surface area contributed by atoms with E-state index in [2.05, 4.69) is 65.6 Å². The van der Waals surface area contributed by atoms with Crippen molar-refractivity contribution in [2.75, 3.05) is 59.5 Å². The molecule has 13 heterocycles. The lowest BCUT2D eigenvalue weighted by atomic mass is 10.1. The number of aryl methyl sites for hydroxylation is 5. The number of nitriles is 1. The number of nitrogens with zero attached hydrogens (tertiary/aromatic N) is 16. The van der Waals surface area contributed by atoms with Gasteiger partial charge in [0.2, 0.25) is 10.6 Å². The molecule has 13 rings (SSSR count). The van der Waals surface area contributed by atoms with Gasteiger partial charge in [0.25, 0.3) is 5.56 Å². The molecular formula is C78H105Cl4N19O21. The number of aliphatic hydroxyl groups excluding tert-OH is 1. The van der Waals surface area contributed by atoms with Crippen molar-refractivity contribution >= 4 is 106 Å². The molecule has 0 radical (unpaired) electrons. The number of aliphatic hydroxyl groups is 1. The van der Waals surface area contributed by atoms with E-state index < -0.39 is 59.0 Å². The van der Waals surface area contributed by atoms with Crippen LogP contribution in [-0.2, 0) is 104 Å². The molecule has 44 heteroatoms. The number of hydrogen-bond acceptors (Lipinski definition) is 32. The van der Waals surface area contributed by atoms with Gasteiger partial charge < -0.3 is 52.7 Å². The summed E-state index contributed by atoms with van der Waals surface area (Å²) in [5.74, 6) is -4.89. The largest absolute Gasteiger partial charge is 0.505 e. The van der Waals surface area contributed by atoms with Crippen LogP contribution in [0.25, 0.3) is 39.9 Å². The zero-order valence-electron chi connectivity index (χ0n) is 63.4. The molecule has 0 unspecified atom stereocenters. The third-order valence-electron chi connectivity index (χ3n) is 16.0. The number of fused-ring (bicyclic) bond motifs is 10. The number of hydrogen-bond donors (Lipinski definition) is 4. The Morgan fingerprint density at radius 2 is 0.836 bits per heavy atom. The third kappa shape index (κ3) is 27.3. The highest BCUT2D eigenvalue weighted by atomic mass is 35.5. The first kappa shape index (κ1) is 108. The Balaban J connectivity index is 0.000000726. The summed E-state index contributed by atoms with van der Waals surface area (Å²) in [6, 6.07) is 10.9. The van der Waals surface area contributed by atoms with Crippen molar-refractivity contribution in [1.82, 2.24) is 89.0 Å². The molecule has 9 aromatic heterocycles. The summed E-state index contributed by atoms with van der Waals surface area (Å²) in [5.41, 5.74) is 6.66. The molecule has 4 N–H and O–H groups in total. The van der Waals surface area contributed by atoms with Crippen molar-refractivity contribution in [2.24, 2.45) is 0 Å². The van der Waals surface area contributed by atoms with Gasteiger partial charge in [-0.2, -0.15) is 35.9 Å². The van der Waals surface area contributed by atoms with Crippen LogP contribution in [0, 0.1) is 11.3 Å². The number of aromatic amines is 3. The topological polar surface area (TPSA) is 516 Å². The molecule has 0 fully saturated rings. The van der Waals surface area contributed by atoms with Crippen LogP contribution in [0.1, 0.15) is 235 Å². The van der Waals surface area contributed by atoms with E-state index in [-0.39, 0.29) is 179 Å². The molecule has 40 nitrogen and oxygen atoms in total. The standard InChI is InChI=1S/C15H22N2O6.C13H16N2O5.C12H10Cl2N4O2.C12H12N4O4.C10H5Cl2N5.C9H12N2O4.7CH4/c1-4-21-13(18)8-7-9-17-12(15(20)23-6-3)10-11(16-17)14(19)22-5-2;1-3-19-12(17)8-5-6-15-10(11(8)16)7-9(14-15)13(18)20-4-2;1-2-20-11(19)7-5-8-9-6(3-4-18(8)17-7)10(13)16-12(14)15-9;1-2-20-11(18)7-5-8-9-6(3-4-16(8)15-7)10(17)14-12(19)13-9;11-9-6-1-2-17-7(3-5(4-13)16-17)8(6)14-10(12)15-9;1-3-14-8(12)6-5-7(11-10-6)9(13)15-4-2;;;;;;;/h10H,4-9H2,1-3H3;7,16H,3-6H2,1-2H3;5H,2-4H2,1H3;5H,2-4H2,1H3,(H2,13,14,17,19);3H,1-2H2;5H,3-4H2,1-2H3,(H,10,11);7*1H4. The maximum Gasteiger partial charge on any atom is 0.358 e. The van der Waals surface area contributed by atoms with E-state index in [0.717, 1.165) is 16.8 Å². The summed E-state index contributed by atoms with van der Waals surface area (Å²) in [5, 5.41) is 46.5. The number of H-pyrrole nitrogens is 3. The van der Waals surface area contributed by atoms with Gasteiger partial charge in [-0.15, -0.1) is 0 Å². The molecule has 9 aromatic rings. The number of ether oxygens (including phenoxy) is 9. The van der Waals surface area contributed by atoms with Crippen LogP contribution in [-0.4, -0.2) is 207 Å². The zero-order valence-corrected chi connectivity index (χ0v) is 66.4. The maximum absolute atomic E-state index is 11.9. The van der Waals surface area contributed by atoms with E-state index in [1.54, 1.807) is 88.5 Å². The van der Waals surface area contributed by atoms with Crippen molar-refractivity contribution < 1.29 is 90.9 Å². The molecule has 0 saturated heterocycles. The lowest BCUT2D eigenvalue weighted by molar-refractivity contribution is -0.143. The lowest BCUT2D eigenvalue weighted by Gasteiger charge is -2.17. The molecule has 0 aliphatic carbocycles. The third-order valence-corrected chi connectivity index (χ3v) is 17.0. The van der Waals surface area contributed by atoms with Crippen LogP contribution in [0.4, 0.5) is 0 Å². The van der Waals surface area contributed by atoms with Crippen molar-refractivity contribution in [2.45, 2.75) is 186 Å². The Morgan fingerprint density at radius 3 is 1.32 bits per heavy atom. The zero-order chi connectivity index (χ0) is 83.7. The first-order valence-electron chi connectivity index (χ1n) is 35.8. The van der Waals surface area contributed by atoms with E-state index in [4.69, 9.17) is 94.3 Å². The number of carbonyl (C=O) groups is 9. The normalized spacial score (nSPS) is 11.3. The minimum atomic E-state index is -0.609. The second-order valence-electron chi connectivity index (χ2n) is 23.5. The van der Waals surface area contributed by atoms with Gasteiger partial charge in [0.05, 0.1) is 99.2 Å². The van der Waals surface area contributed by atoms with Gasteiger partial charge in [-0.3, -0.25) is 43.1 Å². The van der Waals surface area contributed by atoms with Crippen LogP contribution in [0.2, 0.25) is 20.9 Å². The van der Waals surface area contributed by atoms with Gasteiger partial charge in [0, 0.05) is 98.7 Å². The number of esters is 9. The Bertz CT molecular complexity index is 5270. The Morgan fingerprint density at radius 1 is 0.443 bits per heavy atom. The summed E-state index contributed by atoms with van der Waals surface area (Å²) < 4.78 is 51.5. The number of nitrogens with one attached hydrogen (secondary N) is 3. The molecule has 666 valence electrons. The molecule has 0 bridgehead atoms. The van der Waals surface area contributed by atoms with Gasteiger partial charge in [0.1, 0.15) is 33.5 Å². The monoisotopic (exact) mass is 1780 g/mol. The molecular weight excluding hydrogens is 1680 g/mol. The highest BCUT2D eigenvalue weighted by molar-refractivity contribution is 6.33. The molecule has 122 heavy (non-hydrogen) atoms. The summed E-state index contributed by atoms with van der Waals surface area (Å²) in [4.78, 5) is 148. The average Bonchev–Trinajstić information content (AvgIpc) is 1.62. The van der Waals surface area contributed by atoms with Gasteiger partial charge in [-0.25, -0.2) is 63.1 Å². The smallest absolute Gasteiger partial charge is 0.358 e. The summed E-state index contributed by atoms with van der Waals surface area (Å²) in [6.45, 7) is 20.1. The Labute approximate surface area is 724 Å². The second kappa shape index (κ2) is 51.2. The first-order valence-corrected chi connectivity index (χ1v) is 37.3. The molecule has 0 aromatic carbocycles. The SMILES string of the molecule is C.C.C.C.C.C.C.CCOC(=O)C1=C(O)c2cc(C(=O)OCC)nn2CC1.CCOC(=O)CCCn1nc(C(=O)OCC)cc1C(=O)OCC.CCOC(=O)c1cc(C(=O)OCC)[nH]n1.CCOC(=O)c1cc2n(n1)CCc1c(Cl)nc(Cl)nc1-2.CCOC(=O)c1cc2n(n1)CCc1c-2[nH]c(=O)[nH]c1=O.N#Cc1cc2n(n1)CCc1c(Cl)nc(Cl)nc1-2. The number of carbonyl (C=O) groups excluding carboxylic acids is 9. The molecule has 0 saturated carbocycles. The number of halogens is 4. The van der Waals surface area contributed by atoms with Crippen LogP contribution >= 0.6 is 46.4 Å². The van der Waals surface area contributed by atoms with Crippen molar-refractivity contribution in [3.05, 3.63) is 152 Å². The average molecular weight is 1790 g/mol. The van der Waals surface area contributed by atoms with Crippen LogP contribution in [0.5, 0.6) is 0 Å². The fourth-order valence-corrected chi connectivity index (χ4v) is 12.1. The lowest BCUT2D eigenvalue weighted by Crippen LogP contribution is -2.30. The van der Waals surface area contributed by atoms with Crippen LogP contribution in [0.3, 0.4) is 0 Å². The van der Waals surface area contributed by atoms with Gasteiger partial charge in [0.15, 0.2) is 39.9 Å². The summed E-state index contributed by atoms with van der Waals surface area (Å²) >= 11 is 23.7. The second-order valence-corrected chi connectivity index (χ2v) is 24.8. The predicted octanol–water partition coefficient (Wildman–Crippen LogP) is 12.2. The fourth-order valence-electron chi connectivity index (χ4n) is 11.2. The number of rotatable bonds is 21. The van der Waals surface area contributed by atoms with E-state index in [0.29, 0.717) is 127 Å². The van der Waals surface area contributed by atoms with Crippen molar-refractivity contribution in [3.8, 4) is 40.2 Å². The van der Waals surface area contributed by atoms with Gasteiger partial charge in [-0.1, -0.05) is 75.2 Å². The first-order chi connectivity index (χ1) is 55.2. The van der Waals surface area contributed by atoms with E-state index in [1.807, 2.05) is 6.07 Å². The van der Waals surface area contributed by atoms with Crippen molar-refractivity contribution in [1.29, 1.82) is 5.26 Å². The summed E-state index contributed by atoms with van der Waals surface area (Å²) in [6.07, 6.45) is 2.70. The minimum Gasteiger partial charge on any atom is -0.505 e. The van der Waals surface area contributed by atoms with E-state index >= 15 is 0 Å². The van der Waals surface area contributed by atoms with Crippen LogP contribution in [0.15, 0.2) is 51.6 Å². The van der Waals surface area contributed by atoms with Crippen molar-refractivity contribution in [3.63, 3.8) is 0 Å². The molecule has 0 amide bonds. The predicted molar refractivity (Wildman–Crippen MR) is 450 cm³/mol. The quantitative estimate of drug-likeness (QED) is 0.0225. The molecule has 0 spiro atoms. The fraction of sp³-hybridized carbons (Fsp3) is 0.462. The van der Waals surface area contributed by atoms with E-state index in [9.17, 15) is 57.8 Å². The van der Waals surface area contributed by atoms with E-state index in [1.165, 1.54) is 33.6 Å². The Hall–Kier alpha value is -12.5. The Kier molecular flexibility index (Phi) is 45.1.